The Bertz CT molecular complexity index is 970. The molecule has 3 rings (SSSR count). The fraction of sp³-hybridized carbons (Fsp3) is 0.182. The molecule has 3 aromatic rings. The van der Waals surface area contributed by atoms with Crippen molar-refractivity contribution in [2.24, 2.45) is 0 Å². The lowest BCUT2D eigenvalue weighted by Crippen LogP contribution is -2.31. The van der Waals surface area contributed by atoms with Crippen LogP contribution in [0.25, 0.3) is 10.8 Å². The predicted molar refractivity (Wildman–Crippen MR) is 107 cm³/mol. The minimum atomic E-state index is -0.434. The summed E-state index contributed by atoms with van der Waals surface area (Å²) in [5.41, 5.74) is 1.74. The van der Waals surface area contributed by atoms with E-state index in [1.165, 1.54) is 0 Å². The number of amides is 1. The number of fused-ring (bicyclic) bond motifs is 1. The number of carbonyl (C=O) groups is 2. The van der Waals surface area contributed by atoms with Crippen LogP contribution in [0.15, 0.2) is 66.7 Å². The minimum absolute atomic E-state index is 0.127. The first-order chi connectivity index (χ1) is 13.0. The Morgan fingerprint density at radius 3 is 2.56 bits per heavy atom. The van der Waals surface area contributed by atoms with Crippen LogP contribution in [0.4, 0.5) is 0 Å². The fourth-order valence-corrected chi connectivity index (χ4v) is 3.05. The molecule has 0 saturated carbocycles. The van der Waals surface area contributed by atoms with E-state index in [0.717, 1.165) is 21.9 Å². The second kappa shape index (κ2) is 8.69. The van der Waals surface area contributed by atoms with E-state index >= 15 is 0 Å². The van der Waals surface area contributed by atoms with Crippen molar-refractivity contribution in [2.45, 2.75) is 19.4 Å². The predicted octanol–water partition coefficient (Wildman–Crippen LogP) is 4.46. The topological polar surface area (TPSA) is 55.4 Å². The molecule has 0 fully saturated rings. The second-order valence-electron chi connectivity index (χ2n) is 6.36. The molecule has 0 radical (unpaired) electrons. The van der Waals surface area contributed by atoms with Gasteiger partial charge < -0.3 is 10.1 Å². The lowest BCUT2D eigenvalue weighted by atomic mass is 10.1. The summed E-state index contributed by atoms with van der Waals surface area (Å²) in [6.07, 6.45) is 0.127. The Kier molecular flexibility index (Phi) is 6.09. The Hall–Kier alpha value is -2.85. The normalized spacial score (nSPS) is 11.8. The van der Waals surface area contributed by atoms with Gasteiger partial charge in [-0.2, -0.15) is 0 Å². The molecule has 27 heavy (non-hydrogen) atoms. The van der Waals surface area contributed by atoms with Crippen molar-refractivity contribution in [1.82, 2.24) is 5.32 Å². The van der Waals surface area contributed by atoms with Crippen LogP contribution in [0.2, 0.25) is 5.02 Å². The summed E-state index contributed by atoms with van der Waals surface area (Å²) in [5, 5.41) is 5.58. The molecule has 1 amide bonds. The van der Waals surface area contributed by atoms with Crippen LogP contribution in [0.3, 0.4) is 0 Å². The first-order valence-corrected chi connectivity index (χ1v) is 9.07. The van der Waals surface area contributed by atoms with Crippen LogP contribution in [0.5, 0.6) is 0 Å². The summed E-state index contributed by atoms with van der Waals surface area (Å²) in [5.74, 6) is -0.787. The van der Waals surface area contributed by atoms with Gasteiger partial charge in [0.15, 0.2) is 6.61 Å². The fourth-order valence-electron chi connectivity index (χ4n) is 2.85. The van der Waals surface area contributed by atoms with Gasteiger partial charge in [0.1, 0.15) is 0 Å². The highest BCUT2D eigenvalue weighted by Crippen LogP contribution is 2.18. The molecule has 1 atom stereocenters. The SMILES string of the molecule is C[C@@H](NC(=O)COC(=O)Cc1ccc2ccccc2c1)c1cccc(Cl)c1. The monoisotopic (exact) mass is 381 g/mol. The molecule has 0 aliphatic heterocycles. The van der Waals surface area contributed by atoms with E-state index in [2.05, 4.69) is 5.32 Å². The number of hydrogen-bond donors (Lipinski definition) is 1. The summed E-state index contributed by atoms with van der Waals surface area (Å²) in [6.45, 7) is 1.54. The zero-order valence-electron chi connectivity index (χ0n) is 14.9. The molecule has 5 heteroatoms. The van der Waals surface area contributed by atoms with E-state index in [9.17, 15) is 9.59 Å². The van der Waals surface area contributed by atoms with Gasteiger partial charge in [0.05, 0.1) is 12.5 Å². The second-order valence-corrected chi connectivity index (χ2v) is 6.80. The number of halogens is 1. The Balaban J connectivity index is 1.49. The number of carbonyl (C=O) groups excluding carboxylic acids is 2. The van der Waals surface area contributed by atoms with Gasteiger partial charge in [-0.15, -0.1) is 0 Å². The highest BCUT2D eigenvalue weighted by molar-refractivity contribution is 6.30. The van der Waals surface area contributed by atoms with Gasteiger partial charge in [-0.1, -0.05) is 66.2 Å². The number of nitrogens with one attached hydrogen (secondary N) is 1. The van der Waals surface area contributed by atoms with Crippen molar-refractivity contribution in [1.29, 1.82) is 0 Å². The van der Waals surface area contributed by atoms with Gasteiger partial charge >= 0.3 is 5.97 Å². The zero-order chi connectivity index (χ0) is 19.2. The number of hydrogen-bond acceptors (Lipinski definition) is 3. The van der Waals surface area contributed by atoms with Gasteiger partial charge in [-0.3, -0.25) is 9.59 Å². The Morgan fingerprint density at radius 2 is 1.78 bits per heavy atom. The Morgan fingerprint density at radius 1 is 1.00 bits per heavy atom. The van der Waals surface area contributed by atoms with E-state index in [4.69, 9.17) is 16.3 Å². The maximum Gasteiger partial charge on any atom is 0.310 e. The molecule has 4 nitrogen and oxygen atoms in total. The van der Waals surface area contributed by atoms with Gasteiger partial charge in [0.2, 0.25) is 0 Å². The molecule has 0 bridgehead atoms. The first kappa shape index (κ1) is 18.9. The van der Waals surface area contributed by atoms with Crippen LogP contribution in [0, 0.1) is 0 Å². The molecule has 0 aliphatic carbocycles. The summed E-state index contributed by atoms with van der Waals surface area (Å²) < 4.78 is 5.10. The molecule has 0 unspecified atom stereocenters. The molecule has 138 valence electrons. The molecule has 1 N–H and O–H groups in total. The maximum atomic E-state index is 12.0. The molecular weight excluding hydrogens is 362 g/mol. The van der Waals surface area contributed by atoms with E-state index < -0.39 is 5.97 Å². The molecule has 0 aliphatic rings. The summed E-state index contributed by atoms with van der Waals surface area (Å²) in [7, 11) is 0. The van der Waals surface area contributed by atoms with Crippen molar-refractivity contribution >= 4 is 34.2 Å². The lowest BCUT2D eigenvalue weighted by Gasteiger charge is -2.14. The van der Waals surface area contributed by atoms with Crippen molar-refractivity contribution in [3.8, 4) is 0 Å². The van der Waals surface area contributed by atoms with E-state index in [0.29, 0.717) is 5.02 Å². The van der Waals surface area contributed by atoms with Crippen LogP contribution >= 0.6 is 11.6 Å². The van der Waals surface area contributed by atoms with E-state index in [-0.39, 0.29) is 25.0 Å². The molecule has 3 aromatic carbocycles. The number of benzene rings is 3. The largest absolute Gasteiger partial charge is 0.455 e. The maximum absolute atomic E-state index is 12.0. The molecule has 0 heterocycles. The standard InChI is InChI=1S/C22H20ClNO3/c1-15(18-7-4-8-20(23)13-18)24-21(25)14-27-22(26)12-16-9-10-17-5-2-3-6-19(17)11-16/h2-11,13,15H,12,14H2,1H3,(H,24,25)/t15-/m1/s1. The molecular formula is C22H20ClNO3. The van der Waals surface area contributed by atoms with Gasteiger partial charge in [0, 0.05) is 5.02 Å². The average Bonchev–Trinajstić information content (AvgIpc) is 2.66. The van der Waals surface area contributed by atoms with Crippen molar-refractivity contribution < 1.29 is 14.3 Å². The quantitative estimate of drug-likeness (QED) is 0.641. The zero-order valence-corrected chi connectivity index (χ0v) is 15.7. The number of esters is 1. The molecule has 0 spiro atoms. The van der Waals surface area contributed by atoms with Crippen molar-refractivity contribution in [3.63, 3.8) is 0 Å². The number of rotatable bonds is 6. The minimum Gasteiger partial charge on any atom is -0.455 e. The highest BCUT2D eigenvalue weighted by Gasteiger charge is 2.13. The third-order valence-electron chi connectivity index (χ3n) is 4.25. The van der Waals surface area contributed by atoms with Gasteiger partial charge in [0.25, 0.3) is 5.91 Å². The third kappa shape index (κ3) is 5.31. The van der Waals surface area contributed by atoms with Crippen molar-refractivity contribution in [2.75, 3.05) is 6.61 Å². The first-order valence-electron chi connectivity index (χ1n) is 8.69. The van der Waals surface area contributed by atoms with Crippen molar-refractivity contribution in [3.05, 3.63) is 82.9 Å². The van der Waals surface area contributed by atoms with E-state index in [1.54, 1.807) is 12.1 Å². The summed E-state index contributed by atoms with van der Waals surface area (Å²) in [4.78, 5) is 24.1. The van der Waals surface area contributed by atoms with Gasteiger partial charge in [-0.25, -0.2) is 0 Å². The third-order valence-corrected chi connectivity index (χ3v) is 4.49. The molecule has 0 aromatic heterocycles. The Labute approximate surface area is 163 Å². The van der Waals surface area contributed by atoms with Crippen LogP contribution in [0.1, 0.15) is 24.1 Å². The summed E-state index contributed by atoms with van der Waals surface area (Å²) in [6, 6.07) is 20.8. The van der Waals surface area contributed by atoms with Crippen LogP contribution in [-0.4, -0.2) is 18.5 Å². The summed E-state index contributed by atoms with van der Waals surface area (Å²) >= 11 is 5.96. The van der Waals surface area contributed by atoms with E-state index in [1.807, 2.05) is 61.5 Å². The number of ether oxygens (including phenoxy) is 1. The lowest BCUT2D eigenvalue weighted by molar-refractivity contribution is -0.148. The van der Waals surface area contributed by atoms with Crippen LogP contribution in [-0.2, 0) is 20.7 Å². The highest BCUT2D eigenvalue weighted by atomic mass is 35.5. The average molecular weight is 382 g/mol. The smallest absolute Gasteiger partial charge is 0.310 e. The molecule has 0 saturated heterocycles. The van der Waals surface area contributed by atoms with Gasteiger partial charge in [-0.05, 0) is 41.0 Å². The van der Waals surface area contributed by atoms with Crippen LogP contribution < -0.4 is 5.32 Å².